The van der Waals surface area contributed by atoms with Gasteiger partial charge in [0.15, 0.2) is 0 Å². The number of methoxy groups -OCH3 is 1. The molecule has 0 amide bonds. The second-order valence-corrected chi connectivity index (χ2v) is 6.58. The fraction of sp³-hybridized carbons (Fsp3) is 0.278. The lowest BCUT2D eigenvalue weighted by Crippen LogP contribution is -2.30. The molecule has 3 rings (SSSR count). The molecule has 1 heterocycles. The minimum absolute atomic E-state index is 0.137. The van der Waals surface area contributed by atoms with Crippen LogP contribution in [0.25, 0.3) is 0 Å². The van der Waals surface area contributed by atoms with Crippen LogP contribution in [0.5, 0.6) is 5.75 Å². The average molecular weight is 358 g/mol. The van der Waals surface area contributed by atoms with Crippen LogP contribution in [-0.2, 0) is 5.75 Å². The molecule has 1 aliphatic heterocycles. The molecule has 2 aromatic rings. The normalized spacial score (nSPS) is 13.7. The molecule has 2 N–H and O–H groups in total. The molecule has 0 aromatic heterocycles. The summed E-state index contributed by atoms with van der Waals surface area (Å²) >= 11 is 1.64. The zero-order chi connectivity index (χ0) is 17.6. The van der Waals surface area contributed by atoms with Crippen LogP contribution < -0.4 is 10.1 Å². The Kier molecular flexibility index (Phi) is 5.55. The van der Waals surface area contributed by atoms with Crippen molar-refractivity contribution in [3.8, 4) is 5.75 Å². The second kappa shape index (κ2) is 8.02. The first kappa shape index (κ1) is 17.3. The summed E-state index contributed by atoms with van der Waals surface area (Å²) in [6.07, 6.45) is 1.05. The van der Waals surface area contributed by atoms with Gasteiger partial charge in [0.2, 0.25) is 0 Å². The van der Waals surface area contributed by atoms with Crippen LogP contribution in [0.15, 0.2) is 52.4 Å². The lowest BCUT2D eigenvalue weighted by atomic mass is 10.2. The highest BCUT2D eigenvalue weighted by molar-refractivity contribution is 7.98. The predicted octanol–water partition coefficient (Wildman–Crippen LogP) is 3.53. The van der Waals surface area contributed by atoms with Crippen LogP contribution in [0.2, 0.25) is 0 Å². The van der Waals surface area contributed by atoms with Gasteiger partial charge in [-0.1, -0.05) is 18.2 Å². The highest BCUT2D eigenvalue weighted by Crippen LogP contribution is 2.32. The van der Waals surface area contributed by atoms with Crippen molar-refractivity contribution in [2.24, 2.45) is 4.99 Å². The molecule has 2 aromatic carbocycles. The van der Waals surface area contributed by atoms with E-state index in [0.29, 0.717) is 11.5 Å². The lowest BCUT2D eigenvalue weighted by Gasteiger charge is -2.17. The molecule has 0 saturated heterocycles. The van der Waals surface area contributed by atoms with Crippen molar-refractivity contribution < 1.29 is 14.9 Å². The Morgan fingerprint density at radius 1 is 1.32 bits per heavy atom. The number of ether oxygens (including phenoxy) is 1. The van der Waals surface area contributed by atoms with E-state index in [1.165, 1.54) is 6.07 Å². The largest absolute Gasteiger partial charge is 0.496 e. The Bertz CT molecular complexity index is 808. The number of amidine groups is 1. The number of aliphatic imine (C=N–C) groups is 1. The molecular weight excluding hydrogens is 338 g/mol. The molecule has 0 spiro atoms. The number of thioether (sulfide) groups is 1. The van der Waals surface area contributed by atoms with Crippen molar-refractivity contribution in [2.75, 3.05) is 20.2 Å². The third-order valence-corrected chi connectivity index (χ3v) is 5.03. The van der Waals surface area contributed by atoms with Crippen LogP contribution >= 0.6 is 11.8 Å². The Balaban J connectivity index is 1.84. The van der Waals surface area contributed by atoms with Gasteiger partial charge in [-0.2, -0.15) is 0 Å². The highest BCUT2D eigenvalue weighted by Gasteiger charge is 2.17. The maximum Gasteiger partial charge on any atom is 0.317 e. The summed E-state index contributed by atoms with van der Waals surface area (Å²) in [7, 11) is 1.59. The molecule has 1 aliphatic rings. The Morgan fingerprint density at radius 2 is 2.16 bits per heavy atom. The van der Waals surface area contributed by atoms with Gasteiger partial charge < -0.3 is 10.1 Å². The van der Waals surface area contributed by atoms with Gasteiger partial charge in [-0.3, -0.25) is 4.99 Å². The van der Waals surface area contributed by atoms with Crippen LogP contribution in [0.4, 0.5) is 5.69 Å². The fourth-order valence-electron chi connectivity index (χ4n) is 2.65. The third kappa shape index (κ3) is 4.11. The second-order valence-electron chi connectivity index (χ2n) is 5.56. The van der Waals surface area contributed by atoms with Crippen molar-refractivity contribution in [3.05, 3.63) is 58.5 Å². The van der Waals surface area contributed by atoms with Crippen LogP contribution in [-0.4, -0.2) is 36.2 Å². The highest BCUT2D eigenvalue weighted by atomic mass is 32.2. The molecule has 0 atom stereocenters. The van der Waals surface area contributed by atoms with Gasteiger partial charge in [0.25, 0.3) is 4.92 Å². The predicted molar refractivity (Wildman–Crippen MR) is 98.1 cm³/mol. The number of nitrogens with zero attached hydrogens (tertiary/aromatic N) is 2. The van der Waals surface area contributed by atoms with E-state index in [2.05, 4.69) is 22.4 Å². The van der Waals surface area contributed by atoms with Crippen molar-refractivity contribution in [1.29, 1.82) is 0 Å². The summed E-state index contributed by atoms with van der Waals surface area (Å²) in [6, 6.07) is 13.0. The molecule has 0 radical (unpaired) electrons. The molecule has 25 heavy (non-hydrogen) atoms. The molecule has 6 nitrogen and oxygen atoms in total. The van der Waals surface area contributed by atoms with Crippen LogP contribution in [0.1, 0.15) is 17.5 Å². The standard InChI is InChI=1S/C18H20N3O3S/c1-24-16-8-7-14(21(22)23)11-13(16)12-25-17-6-3-2-5-15(17)18-19-9-4-10-20-18/h2-3,5-8,11H,4,9-10,12H2,1H3,(H,19,20)(H,22,23)/q+1. The van der Waals surface area contributed by atoms with Crippen molar-refractivity contribution in [2.45, 2.75) is 17.1 Å². The molecule has 0 unspecified atom stereocenters. The van der Waals surface area contributed by atoms with Crippen molar-refractivity contribution in [1.82, 2.24) is 5.32 Å². The minimum Gasteiger partial charge on any atom is -0.496 e. The monoisotopic (exact) mass is 358 g/mol. The van der Waals surface area contributed by atoms with Gasteiger partial charge in [-0.25, -0.2) is 5.21 Å². The summed E-state index contributed by atoms with van der Waals surface area (Å²) in [5.74, 6) is 2.22. The quantitative estimate of drug-likeness (QED) is 0.610. The number of rotatable bonds is 6. The topological polar surface area (TPSA) is 73.9 Å². The smallest absolute Gasteiger partial charge is 0.317 e. The number of hydrogen-bond acceptors (Lipinski definition) is 5. The number of benzene rings is 2. The fourth-order valence-corrected chi connectivity index (χ4v) is 3.69. The SMILES string of the molecule is COc1ccc([N+](=O)O)cc1CSc1ccccc1C1=NCCCN1. The van der Waals surface area contributed by atoms with Crippen molar-refractivity contribution in [3.63, 3.8) is 0 Å². The Labute approximate surface area is 150 Å². The zero-order valence-electron chi connectivity index (χ0n) is 13.9. The van der Waals surface area contributed by atoms with E-state index in [-0.39, 0.29) is 10.6 Å². The Morgan fingerprint density at radius 3 is 2.88 bits per heavy atom. The van der Waals surface area contributed by atoms with E-state index >= 15 is 0 Å². The summed E-state index contributed by atoms with van der Waals surface area (Å²) in [6.45, 7) is 1.77. The Hall–Kier alpha value is -2.54. The lowest BCUT2D eigenvalue weighted by molar-refractivity contribution is -0.729. The molecule has 7 heteroatoms. The first-order valence-electron chi connectivity index (χ1n) is 8.02. The van der Waals surface area contributed by atoms with E-state index in [4.69, 9.17) is 9.94 Å². The van der Waals surface area contributed by atoms with E-state index in [1.54, 1.807) is 31.0 Å². The maximum atomic E-state index is 11.1. The molecule has 0 bridgehead atoms. The molecule has 0 fully saturated rings. The summed E-state index contributed by atoms with van der Waals surface area (Å²) in [5, 5.41) is 12.5. The van der Waals surface area contributed by atoms with E-state index < -0.39 is 0 Å². The minimum atomic E-state index is -0.137. The van der Waals surface area contributed by atoms with Crippen LogP contribution in [0.3, 0.4) is 0 Å². The van der Waals surface area contributed by atoms with Gasteiger partial charge >= 0.3 is 5.69 Å². The van der Waals surface area contributed by atoms with Crippen molar-refractivity contribution >= 4 is 23.3 Å². The molecular formula is C18H20N3O3S+. The first-order valence-corrected chi connectivity index (χ1v) is 9.01. The molecule has 0 saturated carbocycles. The van der Waals surface area contributed by atoms with E-state index in [9.17, 15) is 4.91 Å². The van der Waals surface area contributed by atoms with Gasteiger partial charge in [-0.15, -0.1) is 11.8 Å². The summed E-state index contributed by atoms with van der Waals surface area (Å²) in [4.78, 5) is 16.7. The van der Waals surface area contributed by atoms with Gasteiger partial charge in [0.1, 0.15) is 11.6 Å². The number of hydrogen-bond donors (Lipinski definition) is 2. The zero-order valence-corrected chi connectivity index (χ0v) is 14.8. The summed E-state index contributed by atoms with van der Waals surface area (Å²) in [5.41, 5.74) is 2.10. The number of nitrogens with one attached hydrogen (secondary N) is 1. The van der Waals surface area contributed by atoms with Gasteiger partial charge in [0.05, 0.1) is 12.0 Å². The maximum absolute atomic E-state index is 11.1. The van der Waals surface area contributed by atoms with Gasteiger partial charge in [0, 0.05) is 47.0 Å². The molecule has 0 aliphatic carbocycles. The average Bonchev–Trinajstić information content (AvgIpc) is 2.67. The molecule has 130 valence electrons. The van der Waals surface area contributed by atoms with Gasteiger partial charge in [-0.05, 0) is 18.6 Å². The van der Waals surface area contributed by atoms with E-state index in [0.717, 1.165) is 41.4 Å². The summed E-state index contributed by atoms with van der Waals surface area (Å²) < 4.78 is 5.36. The van der Waals surface area contributed by atoms with Crippen LogP contribution in [0, 0.1) is 4.91 Å². The first-order chi connectivity index (χ1) is 12.2. The third-order valence-electron chi connectivity index (χ3n) is 3.91. The van der Waals surface area contributed by atoms with E-state index in [1.807, 2.05) is 12.1 Å².